The molecule has 0 saturated heterocycles. The number of thioether (sulfide) groups is 1. The molecule has 0 atom stereocenters. The van der Waals surface area contributed by atoms with E-state index in [4.69, 9.17) is 5.73 Å². The van der Waals surface area contributed by atoms with Gasteiger partial charge in [0.2, 0.25) is 0 Å². The average molecular weight is 188 g/mol. The molecule has 0 aliphatic rings. The van der Waals surface area contributed by atoms with Crippen molar-refractivity contribution in [3.63, 3.8) is 0 Å². The number of hydrogen-bond donors (Lipinski definition) is 1. The summed E-state index contributed by atoms with van der Waals surface area (Å²) in [6, 6.07) is 0. The zero-order valence-corrected chi connectivity index (χ0v) is 7.65. The van der Waals surface area contributed by atoms with Crippen molar-refractivity contribution in [3.8, 4) is 0 Å². The molecule has 0 fully saturated rings. The van der Waals surface area contributed by atoms with Crippen molar-refractivity contribution in [2.24, 2.45) is 10.7 Å². The molecule has 0 radical (unpaired) electrons. The lowest BCUT2D eigenvalue weighted by Gasteiger charge is -1.93. The number of aromatic nitrogens is 2. The molecule has 11 heavy (non-hydrogen) atoms. The van der Waals surface area contributed by atoms with Gasteiger partial charge in [-0.3, -0.25) is 4.99 Å². The zero-order valence-electron chi connectivity index (χ0n) is 6.02. The summed E-state index contributed by atoms with van der Waals surface area (Å²) in [5.41, 5.74) is 7.17. The van der Waals surface area contributed by atoms with E-state index >= 15 is 0 Å². The van der Waals surface area contributed by atoms with Gasteiger partial charge >= 0.3 is 0 Å². The summed E-state index contributed by atoms with van der Waals surface area (Å²) < 4.78 is 0.927. The number of hydrogen-bond acceptors (Lipinski definition) is 5. The summed E-state index contributed by atoms with van der Waals surface area (Å²) in [5, 5.41) is 7.54. The lowest BCUT2D eigenvalue weighted by Crippen LogP contribution is -2.13. The molecule has 0 aliphatic carbocycles. The smallest absolute Gasteiger partial charge is 0.174 e. The number of nitrogens with two attached hydrogens (primary N) is 1. The van der Waals surface area contributed by atoms with Gasteiger partial charge in [-0.05, 0) is 0 Å². The number of amidine groups is 1. The summed E-state index contributed by atoms with van der Waals surface area (Å²) >= 11 is 3.05. The van der Waals surface area contributed by atoms with Gasteiger partial charge in [-0.1, -0.05) is 23.1 Å². The van der Waals surface area contributed by atoms with E-state index in [-0.39, 0.29) is 0 Å². The van der Waals surface area contributed by atoms with Crippen LogP contribution in [0.4, 0.5) is 0 Å². The maximum atomic E-state index is 5.48. The largest absolute Gasteiger partial charge is 0.387 e. The molecule has 0 spiro atoms. The Bertz CT molecular complexity index is 231. The molecule has 1 aromatic rings. The second-order valence-corrected chi connectivity index (χ2v) is 3.76. The van der Waals surface area contributed by atoms with Gasteiger partial charge in [-0.25, -0.2) is 0 Å². The van der Waals surface area contributed by atoms with Gasteiger partial charge in [-0.15, -0.1) is 10.2 Å². The molecule has 0 saturated carbocycles. The monoisotopic (exact) mass is 188 g/mol. The first-order valence-electron chi connectivity index (χ1n) is 2.93. The summed E-state index contributed by atoms with van der Waals surface area (Å²) in [7, 11) is 1.68. The van der Waals surface area contributed by atoms with Crippen LogP contribution >= 0.6 is 23.1 Å². The van der Waals surface area contributed by atoms with E-state index in [1.165, 1.54) is 11.3 Å². The predicted molar refractivity (Wildman–Crippen MR) is 48.2 cm³/mol. The fourth-order valence-electron chi connectivity index (χ4n) is 0.426. The third-order valence-electron chi connectivity index (χ3n) is 0.971. The summed E-state index contributed by atoms with van der Waals surface area (Å²) in [6.07, 6.45) is 0. The third-order valence-corrected chi connectivity index (χ3v) is 2.86. The summed E-state index contributed by atoms with van der Waals surface area (Å²) in [5.74, 6) is 1.32. The van der Waals surface area contributed by atoms with Gasteiger partial charge < -0.3 is 5.73 Å². The van der Waals surface area contributed by atoms with E-state index in [0.717, 1.165) is 4.34 Å². The molecule has 0 aromatic carbocycles. The molecule has 1 heterocycles. The topological polar surface area (TPSA) is 64.2 Å². The zero-order chi connectivity index (χ0) is 8.10. The minimum absolute atomic E-state index is 0.630. The molecule has 60 valence electrons. The van der Waals surface area contributed by atoms with Crippen LogP contribution in [0.25, 0.3) is 0 Å². The Balaban J connectivity index is 2.35. The quantitative estimate of drug-likeness (QED) is 0.429. The van der Waals surface area contributed by atoms with Crippen LogP contribution in [-0.4, -0.2) is 28.8 Å². The van der Waals surface area contributed by atoms with Crippen molar-refractivity contribution in [1.29, 1.82) is 0 Å². The highest BCUT2D eigenvalue weighted by molar-refractivity contribution is 8.01. The minimum atomic E-state index is 0.630. The number of aliphatic imine (C=N–C) groups is 1. The molecular weight excluding hydrogens is 180 g/mol. The maximum absolute atomic E-state index is 5.48. The van der Waals surface area contributed by atoms with E-state index in [1.54, 1.807) is 24.3 Å². The first kappa shape index (κ1) is 8.48. The highest BCUT2D eigenvalue weighted by Gasteiger charge is 1.97. The van der Waals surface area contributed by atoms with E-state index < -0.39 is 0 Å². The Kier molecular flexibility index (Phi) is 3.31. The van der Waals surface area contributed by atoms with E-state index in [1.807, 2.05) is 0 Å². The highest BCUT2D eigenvalue weighted by Crippen LogP contribution is 2.17. The van der Waals surface area contributed by atoms with Gasteiger partial charge in [0, 0.05) is 7.05 Å². The van der Waals surface area contributed by atoms with Crippen molar-refractivity contribution in [1.82, 2.24) is 10.2 Å². The lowest BCUT2D eigenvalue weighted by atomic mass is 10.7. The van der Waals surface area contributed by atoms with E-state index in [9.17, 15) is 0 Å². The molecule has 4 nitrogen and oxygen atoms in total. The van der Waals surface area contributed by atoms with Gasteiger partial charge in [0.1, 0.15) is 11.3 Å². The standard InChI is InChI=1S/C5H8N4S2/c1-7-4(6)2-10-5-9-8-3-11-5/h3H,2H2,1H3,(H2,6,7). The Morgan fingerprint density at radius 2 is 2.73 bits per heavy atom. The molecule has 1 rings (SSSR count). The van der Waals surface area contributed by atoms with Crippen LogP contribution in [0.15, 0.2) is 14.8 Å². The predicted octanol–water partition coefficient (Wildman–Crippen LogP) is 0.617. The first-order chi connectivity index (χ1) is 5.33. The van der Waals surface area contributed by atoms with Crippen molar-refractivity contribution in [2.45, 2.75) is 4.34 Å². The normalized spacial score (nSPS) is 11.9. The number of nitrogens with zero attached hydrogens (tertiary/aromatic N) is 3. The Hall–Kier alpha value is -0.620. The lowest BCUT2D eigenvalue weighted by molar-refractivity contribution is 1.01. The van der Waals surface area contributed by atoms with E-state index in [0.29, 0.717) is 11.6 Å². The minimum Gasteiger partial charge on any atom is -0.387 e. The fourth-order valence-corrected chi connectivity index (χ4v) is 1.79. The number of rotatable bonds is 3. The molecule has 0 bridgehead atoms. The molecular formula is C5H8N4S2. The summed E-state index contributed by atoms with van der Waals surface area (Å²) in [4.78, 5) is 3.82. The molecule has 6 heteroatoms. The fraction of sp³-hybridized carbons (Fsp3) is 0.400. The second-order valence-electron chi connectivity index (χ2n) is 1.71. The Labute approximate surface area is 72.9 Å². The molecule has 0 aliphatic heterocycles. The summed E-state index contributed by atoms with van der Waals surface area (Å²) in [6.45, 7) is 0. The highest BCUT2D eigenvalue weighted by atomic mass is 32.2. The van der Waals surface area contributed by atoms with Crippen molar-refractivity contribution >= 4 is 28.9 Å². The molecule has 0 amide bonds. The van der Waals surface area contributed by atoms with Gasteiger partial charge in [0.25, 0.3) is 0 Å². The van der Waals surface area contributed by atoms with Crippen LogP contribution in [-0.2, 0) is 0 Å². The van der Waals surface area contributed by atoms with Crippen molar-refractivity contribution in [3.05, 3.63) is 5.51 Å². The Morgan fingerprint density at radius 1 is 1.91 bits per heavy atom. The molecule has 1 aromatic heterocycles. The van der Waals surface area contributed by atoms with Gasteiger partial charge in [-0.2, -0.15) is 0 Å². The average Bonchev–Trinajstić information content (AvgIpc) is 2.52. The van der Waals surface area contributed by atoms with Crippen LogP contribution in [0.5, 0.6) is 0 Å². The van der Waals surface area contributed by atoms with Crippen LogP contribution in [0.1, 0.15) is 0 Å². The van der Waals surface area contributed by atoms with Crippen molar-refractivity contribution in [2.75, 3.05) is 12.8 Å². The van der Waals surface area contributed by atoms with Gasteiger partial charge in [0.15, 0.2) is 4.34 Å². The molecule has 2 N–H and O–H groups in total. The third kappa shape index (κ3) is 2.85. The SMILES string of the molecule is CN=C(N)CSc1nncs1. The van der Waals surface area contributed by atoms with Crippen LogP contribution in [0.3, 0.4) is 0 Å². The van der Waals surface area contributed by atoms with Crippen LogP contribution in [0.2, 0.25) is 0 Å². The van der Waals surface area contributed by atoms with Crippen molar-refractivity contribution < 1.29 is 0 Å². The van der Waals surface area contributed by atoms with Gasteiger partial charge in [0.05, 0.1) is 5.75 Å². The van der Waals surface area contributed by atoms with Crippen LogP contribution < -0.4 is 5.73 Å². The first-order valence-corrected chi connectivity index (χ1v) is 4.79. The van der Waals surface area contributed by atoms with E-state index in [2.05, 4.69) is 15.2 Å². The second kappa shape index (κ2) is 4.30. The molecule has 0 unspecified atom stereocenters. The maximum Gasteiger partial charge on any atom is 0.174 e. The van der Waals surface area contributed by atoms with Crippen LogP contribution in [0, 0.1) is 0 Å². The Morgan fingerprint density at radius 3 is 3.27 bits per heavy atom.